The van der Waals surface area contributed by atoms with Gasteiger partial charge in [-0.25, -0.2) is 4.98 Å². The molecule has 0 spiro atoms. The average Bonchev–Trinajstić information content (AvgIpc) is 2.92. The van der Waals surface area contributed by atoms with E-state index in [2.05, 4.69) is 10.4 Å². The van der Waals surface area contributed by atoms with Gasteiger partial charge in [-0.3, -0.25) is 4.40 Å². The van der Waals surface area contributed by atoms with Crippen LogP contribution in [0.25, 0.3) is 16.2 Å². The molecule has 3 aromatic rings. The molecule has 0 saturated heterocycles. The fraction of sp³-hybridized carbons (Fsp3) is 0.267. The smallest absolute Gasteiger partial charge is 0.196 e. The maximum Gasteiger partial charge on any atom is 0.196 e. The summed E-state index contributed by atoms with van der Waals surface area (Å²) >= 11 is 1.60. The zero-order valence-electron chi connectivity index (χ0n) is 11.8. The number of anilines is 1. The van der Waals surface area contributed by atoms with Crippen LogP contribution < -0.4 is 10.5 Å². The van der Waals surface area contributed by atoms with E-state index in [1.807, 2.05) is 49.4 Å². The third-order valence-electron chi connectivity index (χ3n) is 3.10. The van der Waals surface area contributed by atoms with E-state index < -0.39 is 0 Å². The van der Waals surface area contributed by atoms with E-state index >= 15 is 0 Å². The van der Waals surface area contributed by atoms with Gasteiger partial charge in [-0.1, -0.05) is 0 Å². The molecule has 104 valence electrons. The summed E-state index contributed by atoms with van der Waals surface area (Å²) in [5.74, 6) is 1.59. The quantitative estimate of drug-likeness (QED) is 0.798. The second-order valence-electron chi connectivity index (χ2n) is 5.01. The number of benzene rings is 1. The molecular formula is C15H17N3OS. The van der Waals surface area contributed by atoms with E-state index in [-0.39, 0.29) is 6.10 Å². The molecule has 4 nitrogen and oxygen atoms in total. The Bertz CT molecular complexity index is 740. The van der Waals surface area contributed by atoms with Gasteiger partial charge in [-0.2, -0.15) is 0 Å². The third kappa shape index (κ3) is 2.14. The summed E-state index contributed by atoms with van der Waals surface area (Å²) in [6, 6.07) is 8.07. The van der Waals surface area contributed by atoms with Crippen molar-refractivity contribution in [3.63, 3.8) is 0 Å². The lowest BCUT2D eigenvalue weighted by molar-refractivity contribution is 0.242. The highest BCUT2D eigenvalue weighted by Crippen LogP contribution is 2.30. The van der Waals surface area contributed by atoms with Crippen molar-refractivity contribution in [3.8, 4) is 17.0 Å². The van der Waals surface area contributed by atoms with Gasteiger partial charge in [0.25, 0.3) is 0 Å². The fourth-order valence-electron chi connectivity index (χ4n) is 2.16. The Hall–Kier alpha value is -2.01. The van der Waals surface area contributed by atoms with E-state index in [1.165, 1.54) is 0 Å². The molecule has 0 radical (unpaired) electrons. The maximum absolute atomic E-state index is 6.10. The Labute approximate surface area is 121 Å². The number of aromatic nitrogens is 2. The number of fused-ring (bicyclic) bond motifs is 1. The van der Waals surface area contributed by atoms with Gasteiger partial charge in [0.1, 0.15) is 11.6 Å². The van der Waals surface area contributed by atoms with Crippen LogP contribution >= 0.6 is 11.3 Å². The Kier molecular flexibility index (Phi) is 3.14. The number of hydrogen-bond acceptors (Lipinski definition) is 4. The Morgan fingerprint density at radius 3 is 2.60 bits per heavy atom. The minimum atomic E-state index is 0.181. The van der Waals surface area contributed by atoms with E-state index in [1.54, 1.807) is 11.3 Å². The van der Waals surface area contributed by atoms with Gasteiger partial charge in [0.05, 0.1) is 17.5 Å². The van der Waals surface area contributed by atoms with Gasteiger partial charge in [0, 0.05) is 5.38 Å². The molecule has 0 aliphatic carbocycles. The van der Waals surface area contributed by atoms with Crippen molar-refractivity contribution in [2.75, 3.05) is 5.73 Å². The Morgan fingerprint density at radius 2 is 1.95 bits per heavy atom. The molecule has 2 N–H and O–H groups in total. The highest BCUT2D eigenvalue weighted by atomic mass is 32.1. The molecule has 1 aromatic carbocycles. The van der Waals surface area contributed by atoms with Crippen LogP contribution in [0.5, 0.6) is 5.75 Å². The standard InChI is InChI=1S/C15H17N3OS/c1-9(2)19-12-6-4-11(5-7-12)13-8-20-15-17-10(3)14(16)18(13)15/h4-9H,16H2,1-3H3. The second-order valence-corrected chi connectivity index (χ2v) is 5.85. The number of hydrogen-bond donors (Lipinski definition) is 1. The third-order valence-corrected chi connectivity index (χ3v) is 3.93. The van der Waals surface area contributed by atoms with E-state index in [0.717, 1.165) is 27.7 Å². The average molecular weight is 287 g/mol. The van der Waals surface area contributed by atoms with E-state index in [9.17, 15) is 0 Å². The molecule has 2 heterocycles. The van der Waals surface area contributed by atoms with Crippen LogP contribution in [-0.2, 0) is 0 Å². The first-order valence-corrected chi connectivity index (χ1v) is 7.43. The number of thiazole rings is 1. The van der Waals surface area contributed by atoms with Crippen molar-refractivity contribution >= 4 is 22.1 Å². The predicted molar refractivity (Wildman–Crippen MR) is 83.4 cm³/mol. The van der Waals surface area contributed by atoms with E-state index in [4.69, 9.17) is 10.5 Å². The number of aryl methyl sites for hydroxylation is 1. The first kappa shape index (κ1) is 13.0. The molecule has 0 fully saturated rings. The molecule has 5 heteroatoms. The lowest BCUT2D eigenvalue weighted by atomic mass is 10.1. The first-order chi connectivity index (χ1) is 9.56. The molecule has 0 aliphatic rings. The predicted octanol–water partition coefficient (Wildman–Crippen LogP) is 3.74. The van der Waals surface area contributed by atoms with Crippen LogP contribution in [0, 0.1) is 6.92 Å². The topological polar surface area (TPSA) is 52.5 Å². The highest BCUT2D eigenvalue weighted by molar-refractivity contribution is 7.15. The second kappa shape index (κ2) is 4.83. The van der Waals surface area contributed by atoms with Crippen molar-refractivity contribution in [1.82, 2.24) is 9.38 Å². The largest absolute Gasteiger partial charge is 0.491 e. The molecule has 0 bridgehead atoms. The summed E-state index contributed by atoms with van der Waals surface area (Å²) in [4.78, 5) is 5.38. The van der Waals surface area contributed by atoms with E-state index in [0.29, 0.717) is 5.82 Å². The van der Waals surface area contributed by atoms with Crippen LogP contribution in [0.2, 0.25) is 0 Å². The van der Waals surface area contributed by atoms with Crippen molar-refractivity contribution in [3.05, 3.63) is 35.3 Å². The molecule has 2 aromatic heterocycles. The number of rotatable bonds is 3. The summed E-state index contributed by atoms with van der Waals surface area (Å²) in [6.07, 6.45) is 0.181. The molecule has 0 amide bonds. The lowest BCUT2D eigenvalue weighted by Crippen LogP contribution is -2.05. The fourth-order valence-corrected chi connectivity index (χ4v) is 3.11. The molecule has 0 atom stereocenters. The minimum absolute atomic E-state index is 0.181. The van der Waals surface area contributed by atoms with Crippen molar-refractivity contribution in [2.45, 2.75) is 26.9 Å². The summed E-state index contributed by atoms with van der Waals surface area (Å²) in [5.41, 5.74) is 9.15. The summed E-state index contributed by atoms with van der Waals surface area (Å²) in [7, 11) is 0. The van der Waals surface area contributed by atoms with Crippen LogP contribution in [0.4, 0.5) is 5.82 Å². The van der Waals surface area contributed by atoms with Crippen molar-refractivity contribution in [1.29, 1.82) is 0 Å². The Morgan fingerprint density at radius 1 is 1.25 bits per heavy atom. The van der Waals surface area contributed by atoms with Crippen LogP contribution in [0.1, 0.15) is 19.5 Å². The molecule has 0 unspecified atom stereocenters. The monoisotopic (exact) mass is 287 g/mol. The highest BCUT2D eigenvalue weighted by Gasteiger charge is 2.12. The van der Waals surface area contributed by atoms with Crippen LogP contribution in [-0.4, -0.2) is 15.5 Å². The van der Waals surface area contributed by atoms with Gasteiger partial charge in [-0.15, -0.1) is 11.3 Å². The van der Waals surface area contributed by atoms with Gasteiger partial charge in [0.2, 0.25) is 0 Å². The number of nitrogens with zero attached hydrogens (tertiary/aromatic N) is 2. The van der Waals surface area contributed by atoms with Crippen molar-refractivity contribution < 1.29 is 4.74 Å². The lowest BCUT2D eigenvalue weighted by Gasteiger charge is -2.10. The first-order valence-electron chi connectivity index (χ1n) is 6.55. The maximum atomic E-state index is 6.10. The molecule has 0 saturated carbocycles. The number of nitrogens with two attached hydrogens (primary N) is 1. The molecule has 3 rings (SSSR count). The number of imidazole rings is 1. The molecule has 20 heavy (non-hydrogen) atoms. The molecular weight excluding hydrogens is 270 g/mol. The van der Waals surface area contributed by atoms with Gasteiger partial charge < -0.3 is 10.5 Å². The van der Waals surface area contributed by atoms with Crippen LogP contribution in [0.3, 0.4) is 0 Å². The van der Waals surface area contributed by atoms with Crippen molar-refractivity contribution in [2.24, 2.45) is 0 Å². The van der Waals surface area contributed by atoms with Crippen LogP contribution in [0.15, 0.2) is 29.6 Å². The zero-order valence-corrected chi connectivity index (χ0v) is 12.6. The summed E-state index contributed by atoms with van der Waals surface area (Å²) in [5, 5.41) is 2.08. The minimum Gasteiger partial charge on any atom is -0.491 e. The van der Waals surface area contributed by atoms with Gasteiger partial charge >= 0.3 is 0 Å². The molecule has 0 aliphatic heterocycles. The Balaban J connectivity index is 2.02. The normalized spacial score (nSPS) is 11.4. The summed E-state index contributed by atoms with van der Waals surface area (Å²) in [6.45, 7) is 5.97. The summed E-state index contributed by atoms with van der Waals surface area (Å²) < 4.78 is 7.66. The van der Waals surface area contributed by atoms with Gasteiger partial charge in [0.15, 0.2) is 4.96 Å². The zero-order chi connectivity index (χ0) is 14.3. The van der Waals surface area contributed by atoms with Gasteiger partial charge in [-0.05, 0) is 50.6 Å². The number of nitrogen functional groups attached to an aromatic ring is 1. The number of ether oxygens (including phenoxy) is 1. The SMILES string of the molecule is Cc1nc2scc(-c3ccc(OC(C)C)cc3)n2c1N.